The summed E-state index contributed by atoms with van der Waals surface area (Å²) in [5.41, 5.74) is 2.26. The van der Waals surface area contributed by atoms with Gasteiger partial charge < -0.3 is 0 Å². The average Bonchev–Trinajstić information content (AvgIpc) is 3.32. The van der Waals surface area contributed by atoms with E-state index in [0.29, 0.717) is 0 Å². The molecule has 148 valence electrons. The zero-order chi connectivity index (χ0) is 18.1. The SMILES string of the molecule is CC1CCC2C(C1)C1C3CCCCC3C([Si](C)(C)C3CCCC3)C1N2C. The van der Waals surface area contributed by atoms with Crippen LogP contribution in [0.25, 0.3) is 0 Å². The van der Waals surface area contributed by atoms with Crippen molar-refractivity contribution < 1.29 is 0 Å². The Morgan fingerprint density at radius 3 is 2.15 bits per heavy atom. The first kappa shape index (κ1) is 18.2. The Morgan fingerprint density at radius 1 is 0.769 bits per heavy atom. The van der Waals surface area contributed by atoms with E-state index in [1.165, 1.54) is 25.7 Å². The minimum atomic E-state index is -1.20. The van der Waals surface area contributed by atoms with Crippen molar-refractivity contribution in [2.24, 2.45) is 29.6 Å². The lowest BCUT2D eigenvalue weighted by Crippen LogP contribution is -2.49. The zero-order valence-corrected chi connectivity index (χ0v) is 18.9. The second-order valence-electron chi connectivity index (χ2n) is 11.8. The number of likely N-dealkylation sites (tertiary alicyclic amines) is 1. The summed E-state index contributed by atoms with van der Waals surface area (Å²) < 4.78 is 0. The molecule has 0 aromatic heterocycles. The van der Waals surface area contributed by atoms with Crippen molar-refractivity contribution in [3.05, 3.63) is 0 Å². The Labute approximate surface area is 163 Å². The second kappa shape index (κ2) is 6.61. The summed E-state index contributed by atoms with van der Waals surface area (Å²) in [6.07, 6.45) is 17.0. The largest absolute Gasteiger partial charge is 0.300 e. The Bertz CT molecular complexity index is 524. The van der Waals surface area contributed by atoms with Crippen molar-refractivity contribution in [3.63, 3.8) is 0 Å². The van der Waals surface area contributed by atoms with Crippen LogP contribution in [0, 0.1) is 29.6 Å². The molecule has 1 saturated heterocycles. The summed E-state index contributed by atoms with van der Waals surface area (Å²) >= 11 is 0. The highest BCUT2D eigenvalue weighted by atomic mass is 28.3. The van der Waals surface area contributed by atoms with Crippen molar-refractivity contribution in [2.75, 3.05) is 7.05 Å². The summed E-state index contributed by atoms with van der Waals surface area (Å²) in [4.78, 5) is 3.01. The molecule has 4 aliphatic carbocycles. The van der Waals surface area contributed by atoms with Gasteiger partial charge in [0.1, 0.15) is 0 Å². The van der Waals surface area contributed by atoms with Crippen molar-refractivity contribution in [2.45, 2.75) is 114 Å². The minimum Gasteiger partial charge on any atom is -0.300 e. The molecule has 1 nitrogen and oxygen atoms in total. The highest BCUT2D eigenvalue weighted by Crippen LogP contribution is 2.66. The molecule has 8 unspecified atom stereocenters. The maximum Gasteiger partial charge on any atom is 0.0555 e. The van der Waals surface area contributed by atoms with E-state index in [1.54, 1.807) is 44.9 Å². The smallest absolute Gasteiger partial charge is 0.0555 e. The number of hydrogen-bond donors (Lipinski definition) is 0. The van der Waals surface area contributed by atoms with Gasteiger partial charge in [-0.1, -0.05) is 65.0 Å². The molecular formula is C24H43NSi. The summed E-state index contributed by atoms with van der Waals surface area (Å²) in [6, 6.07) is 1.92. The lowest BCUT2D eigenvalue weighted by atomic mass is 9.68. The van der Waals surface area contributed by atoms with Crippen LogP contribution in [-0.4, -0.2) is 32.1 Å². The number of fused-ring (bicyclic) bond motifs is 5. The van der Waals surface area contributed by atoms with Gasteiger partial charge in [-0.2, -0.15) is 0 Å². The van der Waals surface area contributed by atoms with Gasteiger partial charge >= 0.3 is 0 Å². The van der Waals surface area contributed by atoms with Crippen LogP contribution in [0.4, 0.5) is 0 Å². The normalized spacial score (nSPS) is 49.8. The van der Waals surface area contributed by atoms with Crippen LogP contribution in [0.15, 0.2) is 0 Å². The predicted octanol–water partition coefficient (Wildman–Crippen LogP) is 6.56. The van der Waals surface area contributed by atoms with E-state index in [0.717, 1.165) is 52.8 Å². The Kier molecular flexibility index (Phi) is 4.63. The molecule has 0 bridgehead atoms. The second-order valence-corrected chi connectivity index (χ2v) is 16.9. The fraction of sp³-hybridized carbons (Fsp3) is 1.00. The van der Waals surface area contributed by atoms with Crippen LogP contribution < -0.4 is 0 Å². The molecule has 2 heteroatoms. The maximum absolute atomic E-state index is 3.01. The van der Waals surface area contributed by atoms with Crippen LogP contribution in [0.5, 0.6) is 0 Å². The molecular weight excluding hydrogens is 330 g/mol. The molecule has 4 saturated carbocycles. The van der Waals surface area contributed by atoms with E-state index in [2.05, 4.69) is 32.0 Å². The fourth-order valence-corrected chi connectivity index (χ4v) is 14.7. The molecule has 1 aliphatic heterocycles. The molecule has 5 aliphatic rings. The third-order valence-electron chi connectivity index (χ3n) is 10.5. The fourth-order valence-electron chi connectivity index (χ4n) is 9.44. The first-order valence-electron chi connectivity index (χ1n) is 12.2. The third-order valence-corrected chi connectivity index (χ3v) is 15.6. The van der Waals surface area contributed by atoms with Crippen LogP contribution in [-0.2, 0) is 0 Å². The molecule has 0 amide bonds. The summed E-state index contributed by atoms with van der Waals surface area (Å²) in [7, 11) is 1.38. The zero-order valence-electron chi connectivity index (χ0n) is 17.9. The van der Waals surface area contributed by atoms with Crippen LogP contribution in [0.2, 0.25) is 24.2 Å². The average molecular weight is 374 g/mol. The van der Waals surface area contributed by atoms with Gasteiger partial charge in [-0.3, -0.25) is 4.90 Å². The predicted molar refractivity (Wildman–Crippen MR) is 114 cm³/mol. The quantitative estimate of drug-likeness (QED) is 0.495. The Hall–Kier alpha value is 0.177. The molecule has 0 radical (unpaired) electrons. The molecule has 5 fully saturated rings. The van der Waals surface area contributed by atoms with Gasteiger partial charge in [0.05, 0.1) is 8.07 Å². The lowest BCUT2D eigenvalue weighted by Gasteiger charge is -2.46. The van der Waals surface area contributed by atoms with Gasteiger partial charge in [-0.15, -0.1) is 0 Å². The van der Waals surface area contributed by atoms with Crippen molar-refractivity contribution in [1.82, 2.24) is 4.90 Å². The molecule has 0 aromatic rings. The molecule has 0 spiro atoms. The molecule has 1 heterocycles. The summed E-state index contributed by atoms with van der Waals surface area (Å²) in [6.45, 7) is 8.24. The topological polar surface area (TPSA) is 3.24 Å². The first-order valence-corrected chi connectivity index (χ1v) is 15.4. The van der Waals surface area contributed by atoms with E-state index in [4.69, 9.17) is 0 Å². The number of nitrogens with zero attached hydrogens (tertiary/aromatic N) is 1. The van der Waals surface area contributed by atoms with Crippen LogP contribution in [0.3, 0.4) is 0 Å². The highest BCUT2D eigenvalue weighted by Gasteiger charge is 2.65. The molecule has 0 N–H and O–H groups in total. The monoisotopic (exact) mass is 373 g/mol. The van der Waals surface area contributed by atoms with E-state index < -0.39 is 8.07 Å². The van der Waals surface area contributed by atoms with Crippen LogP contribution in [0.1, 0.15) is 77.6 Å². The Balaban J connectivity index is 1.52. The third kappa shape index (κ3) is 2.56. The van der Waals surface area contributed by atoms with Gasteiger partial charge in [0.25, 0.3) is 0 Å². The molecule has 0 aromatic carbocycles. The van der Waals surface area contributed by atoms with E-state index in [1.807, 2.05) is 0 Å². The van der Waals surface area contributed by atoms with Gasteiger partial charge in [-0.05, 0) is 73.4 Å². The highest BCUT2D eigenvalue weighted by molar-refractivity contribution is 6.80. The summed E-state index contributed by atoms with van der Waals surface area (Å²) in [5.74, 6) is 5.34. The number of rotatable bonds is 2. The lowest BCUT2D eigenvalue weighted by molar-refractivity contribution is 0.116. The van der Waals surface area contributed by atoms with Crippen LogP contribution >= 0.6 is 0 Å². The molecule has 26 heavy (non-hydrogen) atoms. The summed E-state index contributed by atoms with van der Waals surface area (Å²) in [5, 5.41) is 0. The van der Waals surface area contributed by atoms with Crippen molar-refractivity contribution >= 4 is 8.07 Å². The molecule has 8 atom stereocenters. The standard InChI is InChI=1S/C24H43NSi/c1-16-13-14-21-20(15-16)22-18-11-7-8-12-19(18)24(23(22)25(21)2)26(3,4)17-9-5-6-10-17/h16-24H,5-15H2,1-4H3. The van der Waals surface area contributed by atoms with Gasteiger partial charge in [0, 0.05) is 12.1 Å². The minimum absolute atomic E-state index is 0.944. The first-order chi connectivity index (χ1) is 12.5. The molecule has 5 rings (SSSR count). The van der Waals surface area contributed by atoms with E-state index >= 15 is 0 Å². The van der Waals surface area contributed by atoms with Crippen molar-refractivity contribution in [3.8, 4) is 0 Å². The van der Waals surface area contributed by atoms with Gasteiger partial charge in [0.15, 0.2) is 0 Å². The van der Waals surface area contributed by atoms with E-state index in [9.17, 15) is 0 Å². The van der Waals surface area contributed by atoms with E-state index in [-0.39, 0.29) is 0 Å². The van der Waals surface area contributed by atoms with Gasteiger partial charge in [-0.25, -0.2) is 0 Å². The Morgan fingerprint density at radius 2 is 1.42 bits per heavy atom. The van der Waals surface area contributed by atoms with Gasteiger partial charge in [0.2, 0.25) is 0 Å². The maximum atomic E-state index is 3.01. The van der Waals surface area contributed by atoms with Crippen molar-refractivity contribution in [1.29, 1.82) is 0 Å². The number of hydrogen-bond acceptors (Lipinski definition) is 1.